The van der Waals surface area contributed by atoms with Gasteiger partial charge < -0.3 is 14.6 Å². The number of rotatable bonds is 6. The summed E-state index contributed by atoms with van der Waals surface area (Å²) < 4.78 is 11.6. The third-order valence-corrected chi connectivity index (χ3v) is 5.34. The molecule has 33 heavy (non-hydrogen) atoms. The maximum absolute atomic E-state index is 12.8. The van der Waals surface area contributed by atoms with Crippen LogP contribution in [-0.2, 0) is 0 Å². The summed E-state index contributed by atoms with van der Waals surface area (Å²) in [6.45, 7) is 5.99. The second kappa shape index (κ2) is 9.45. The van der Waals surface area contributed by atoms with Crippen molar-refractivity contribution in [1.82, 2.24) is 0 Å². The Kier molecular flexibility index (Phi) is 6.27. The standard InChI is InChI=1S/C29H24O4/c1-19(30)17-22-13-7-9-15-24(22)20(2)27-25-16-10-8-14-23(25)18-26(28(27)32-3)33-29(31)21-11-5-4-6-12-21/h4-18,30H,2H2,1,3H3/b19-17+. The molecule has 0 heterocycles. The summed E-state index contributed by atoms with van der Waals surface area (Å²) in [7, 11) is 1.55. The topological polar surface area (TPSA) is 55.8 Å². The van der Waals surface area contributed by atoms with Crippen LogP contribution in [0.5, 0.6) is 11.5 Å². The maximum atomic E-state index is 12.8. The number of benzene rings is 4. The average Bonchev–Trinajstić information content (AvgIpc) is 2.83. The largest absolute Gasteiger partial charge is 0.513 e. The first kappa shape index (κ1) is 21.9. The third kappa shape index (κ3) is 4.51. The van der Waals surface area contributed by atoms with Crippen LogP contribution in [0.3, 0.4) is 0 Å². The first-order chi connectivity index (χ1) is 16.0. The van der Waals surface area contributed by atoms with Gasteiger partial charge in [0.15, 0.2) is 11.5 Å². The van der Waals surface area contributed by atoms with Crippen LogP contribution in [0.2, 0.25) is 0 Å². The number of methoxy groups -OCH3 is 1. The lowest BCUT2D eigenvalue weighted by molar-refractivity contribution is 0.0730. The van der Waals surface area contributed by atoms with E-state index in [1.165, 1.54) is 0 Å². The first-order valence-corrected chi connectivity index (χ1v) is 10.5. The molecule has 0 spiro atoms. The van der Waals surface area contributed by atoms with Crippen molar-refractivity contribution in [2.24, 2.45) is 0 Å². The van der Waals surface area contributed by atoms with Crippen LogP contribution in [0.15, 0.2) is 97.3 Å². The van der Waals surface area contributed by atoms with E-state index in [1.54, 1.807) is 50.4 Å². The maximum Gasteiger partial charge on any atom is 0.343 e. The summed E-state index contributed by atoms with van der Waals surface area (Å²) in [5.41, 5.74) is 3.51. The predicted molar refractivity (Wildman–Crippen MR) is 133 cm³/mol. The van der Waals surface area contributed by atoms with E-state index < -0.39 is 5.97 Å². The summed E-state index contributed by atoms with van der Waals surface area (Å²) in [5, 5.41) is 11.7. The molecule has 0 aliphatic heterocycles. The molecule has 0 saturated heterocycles. The van der Waals surface area contributed by atoms with Gasteiger partial charge in [-0.05, 0) is 58.7 Å². The van der Waals surface area contributed by atoms with Crippen LogP contribution in [0.25, 0.3) is 22.4 Å². The van der Waals surface area contributed by atoms with E-state index in [0.717, 1.165) is 27.5 Å². The van der Waals surface area contributed by atoms with E-state index in [0.29, 0.717) is 22.6 Å². The Morgan fingerprint density at radius 2 is 1.61 bits per heavy atom. The predicted octanol–water partition coefficient (Wildman–Crippen LogP) is 7.05. The summed E-state index contributed by atoms with van der Waals surface area (Å²) in [4.78, 5) is 12.8. The van der Waals surface area contributed by atoms with E-state index in [2.05, 4.69) is 6.58 Å². The Labute approximate surface area is 193 Å². The van der Waals surface area contributed by atoms with E-state index in [-0.39, 0.29) is 5.76 Å². The number of fused-ring (bicyclic) bond motifs is 1. The van der Waals surface area contributed by atoms with Gasteiger partial charge in [-0.1, -0.05) is 73.3 Å². The molecular weight excluding hydrogens is 412 g/mol. The van der Waals surface area contributed by atoms with Crippen LogP contribution >= 0.6 is 0 Å². The van der Waals surface area contributed by atoms with Crippen molar-refractivity contribution in [3.63, 3.8) is 0 Å². The molecule has 0 aliphatic carbocycles. The normalized spacial score (nSPS) is 11.3. The van der Waals surface area contributed by atoms with E-state index in [1.807, 2.05) is 54.6 Å². The summed E-state index contributed by atoms with van der Waals surface area (Å²) >= 11 is 0. The molecule has 0 aromatic heterocycles. The van der Waals surface area contributed by atoms with Gasteiger partial charge >= 0.3 is 5.97 Å². The van der Waals surface area contributed by atoms with Crippen molar-refractivity contribution in [2.75, 3.05) is 7.11 Å². The van der Waals surface area contributed by atoms with Gasteiger partial charge in [-0.2, -0.15) is 0 Å². The molecule has 0 aliphatic rings. The fraction of sp³-hybridized carbons (Fsp3) is 0.0690. The quantitative estimate of drug-likeness (QED) is 0.200. The van der Waals surface area contributed by atoms with Gasteiger partial charge in [0, 0.05) is 5.56 Å². The Morgan fingerprint density at radius 1 is 0.939 bits per heavy atom. The number of hydrogen-bond acceptors (Lipinski definition) is 4. The van der Waals surface area contributed by atoms with Gasteiger partial charge in [-0.25, -0.2) is 4.79 Å². The van der Waals surface area contributed by atoms with Crippen molar-refractivity contribution in [1.29, 1.82) is 0 Å². The number of aliphatic hydroxyl groups excluding tert-OH is 1. The Hall–Kier alpha value is -4.31. The van der Waals surface area contributed by atoms with Gasteiger partial charge in [0.2, 0.25) is 0 Å². The molecule has 1 N–H and O–H groups in total. The lowest BCUT2D eigenvalue weighted by atomic mass is 9.90. The van der Waals surface area contributed by atoms with Crippen LogP contribution in [0.1, 0.15) is 34.0 Å². The number of hydrogen-bond donors (Lipinski definition) is 1. The average molecular weight is 437 g/mol. The number of esters is 1. The molecule has 0 unspecified atom stereocenters. The number of carbonyl (C=O) groups excluding carboxylic acids is 1. The third-order valence-electron chi connectivity index (χ3n) is 5.34. The van der Waals surface area contributed by atoms with Gasteiger partial charge in [-0.3, -0.25) is 0 Å². The van der Waals surface area contributed by atoms with Crippen molar-refractivity contribution in [2.45, 2.75) is 6.92 Å². The molecule has 4 aromatic rings. The van der Waals surface area contributed by atoms with Gasteiger partial charge in [0.25, 0.3) is 0 Å². The molecule has 164 valence electrons. The molecule has 0 radical (unpaired) electrons. The lowest BCUT2D eigenvalue weighted by Gasteiger charge is -2.19. The number of ether oxygens (including phenoxy) is 2. The Morgan fingerprint density at radius 3 is 2.33 bits per heavy atom. The van der Waals surface area contributed by atoms with Crippen molar-refractivity contribution in [3.05, 3.63) is 120 Å². The highest BCUT2D eigenvalue weighted by molar-refractivity contribution is 6.03. The minimum absolute atomic E-state index is 0.192. The van der Waals surface area contributed by atoms with Crippen molar-refractivity contribution in [3.8, 4) is 11.5 Å². The van der Waals surface area contributed by atoms with E-state index in [9.17, 15) is 9.90 Å². The van der Waals surface area contributed by atoms with Crippen LogP contribution in [0.4, 0.5) is 0 Å². The summed E-state index contributed by atoms with van der Waals surface area (Å²) in [6, 6.07) is 26.1. The molecule has 0 saturated carbocycles. The van der Waals surface area contributed by atoms with Crippen LogP contribution in [-0.4, -0.2) is 18.2 Å². The Balaban J connectivity index is 1.90. The summed E-state index contributed by atoms with van der Waals surface area (Å²) in [5.74, 6) is 0.452. The Bertz CT molecular complexity index is 1360. The van der Waals surface area contributed by atoms with Gasteiger partial charge in [-0.15, -0.1) is 0 Å². The lowest BCUT2D eigenvalue weighted by Crippen LogP contribution is -2.10. The number of aliphatic hydroxyl groups is 1. The van der Waals surface area contributed by atoms with E-state index in [4.69, 9.17) is 9.47 Å². The van der Waals surface area contributed by atoms with Crippen molar-refractivity contribution >= 4 is 28.4 Å². The molecular formula is C29H24O4. The molecule has 4 nitrogen and oxygen atoms in total. The van der Waals surface area contributed by atoms with E-state index >= 15 is 0 Å². The minimum atomic E-state index is -0.472. The van der Waals surface area contributed by atoms with Gasteiger partial charge in [0.05, 0.1) is 18.4 Å². The molecule has 0 bridgehead atoms. The second-order valence-corrected chi connectivity index (χ2v) is 7.61. The SMILES string of the molecule is C=C(c1ccccc1/C=C(\C)O)c1c(OC)c(OC(=O)c2ccccc2)cc2ccccc12. The molecule has 4 heteroatoms. The fourth-order valence-electron chi connectivity index (χ4n) is 3.87. The highest BCUT2D eigenvalue weighted by atomic mass is 16.6. The highest BCUT2D eigenvalue weighted by Gasteiger charge is 2.22. The monoisotopic (exact) mass is 436 g/mol. The number of carbonyl (C=O) groups is 1. The molecule has 4 aromatic carbocycles. The molecule has 0 fully saturated rings. The zero-order valence-electron chi connectivity index (χ0n) is 18.5. The fourth-order valence-corrected chi connectivity index (χ4v) is 3.87. The van der Waals surface area contributed by atoms with Gasteiger partial charge in [0.1, 0.15) is 0 Å². The van der Waals surface area contributed by atoms with Crippen molar-refractivity contribution < 1.29 is 19.4 Å². The highest BCUT2D eigenvalue weighted by Crippen LogP contribution is 2.43. The zero-order chi connectivity index (χ0) is 23.4. The number of allylic oxidation sites excluding steroid dienone is 1. The first-order valence-electron chi connectivity index (χ1n) is 10.5. The molecule has 0 amide bonds. The zero-order valence-corrected chi connectivity index (χ0v) is 18.5. The minimum Gasteiger partial charge on any atom is -0.513 e. The second-order valence-electron chi connectivity index (χ2n) is 7.61. The molecule has 0 atom stereocenters. The molecule has 4 rings (SSSR count). The van der Waals surface area contributed by atoms with Crippen LogP contribution in [0, 0.1) is 0 Å². The summed E-state index contributed by atoms with van der Waals surface area (Å²) in [6.07, 6.45) is 1.69. The smallest absolute Gasteiger partial charge is 0.343 e. The van der Waals surface area contributed by atoms with Crippen LogP contribution < -0.4 is 9.47 Å².